The molecule has 4 rings (SSSR count). The zero-order valence-corrected chi connectivity index (χ0v) is 14.7. The number of ether oxygens (including phenoxy) is 1. The van der Waals surface area contributed by atoms with Gasteiger partial charge in [0.25, 0.3) is 5.91 Å². The van der Waals surface area contributed by atoms with Crippen LogP contribution in [0.25, 0.3) is 10.8 Å². The third-order valence-corrected chi connectivity index (χ3v) is 5.89. The molecule has 24 heavy (non-hydrogen) atoms. The Morgan fingerprint density at radius 3 is 2.92 bits per heavy atom. The largest absolute Gasteiger partial charge is 0.440 e. The molecule has 1 saturated heterocycles. The SMILES string of the molecule is Cc1oc(-c2cccs2)nc1C(=O)N1CCOC2(CCCCC2)C1. The van der Waals surface area contributed by atoms with Gasteiger partial charge in [-0.3, -0.25) is 4.79 Å². The van der Waals surface area contributed by atoms with Crippen LogP contribution in [0.1, 0.15) is 48.4 Å². The lowest BCUT2D eigenvalue weighted by atomic mass is 9.83. The van der Waals surface area contributed by atoms with E-state index in [1.807, 2.05) is 29.3 Å². The van der Waals surface area contributed by atoms with Crippen LogP contribution in [0.15, 0.2) is 21.9 Å². The number of thiophene rings is 1. The molecule has 2 aromatic rings. The second-order valence-electron chi connectivity index (χ2n) is 6.72. The molecule has 0 radical (unpaired) electrons. The average Bonchev–Trinajstić information content (AvgIpc) is 3.24. The predicted molar refractivity (Wildman–Crippen MR) is 92.2 cm³/mol. The number of oxazole rings is 1. The molecular formula is C18H22N2O3S. The highest BCUT2D eigenvalue weighted by atomic mass is 32.1. The number of nitrogens with zero attached hydrogens (tertiary/aromatic N) is 2. The maximum atomic E-state index is 13.0. The summed E-state index contributed by atoms with van der Waals surface area (Å²) in [6, 6.07) is 3.91. The van der Waals surface area contributed by atoms with Crippen molar-refractivity contribution in [2.45, 2.75) is 44.6 Å². The van der Waals surface area contributed by atoms with Gasteiger partial charge in [-0.25, -0.2) is 4.98 Å². The molecule has 2 aromatic heterocycles. The summed E-state index contributed by atoms with van der Waals surface area (Å²) < 4.78 is 11.8. The molecule has 3 heterocycles. The molecule has 1 saturated carbocycles. The van der Waals surface area contributed by atoms with Crippen molar-refractivity contribution in [3.8, 4) is 10.8 Å². The van der Waals surface area contributed by atoms with E-state index < -0.39 is 0 Å². The van der Waals surface area contributed by atoms with E-state index in [0.29, 0.717) is 37.0 Å². The third-order valence-electron chi connectivity index (χ3n) is 5.03. The smallest absolute Gasteiger partial charge is 0.276 e. The average molecular weight is 346 g/mol. The minimum absolute atomic E-state index is 0.0349. The molecule has 6 heteroatoms. The van der Waals surface area contributed by atoms with E-state index in [1.54, 1.807) is 11.3 Å². The molecule has 128 valence electrons. The lowest BCUT2D eigenvalue weighted by Gasteiger charge is -2.44. The fraction of sp³-hybridized carbons (Fsp3) is 0.556. The van der Waals surface area contributed by atoms with Crippen molar-refractivity contribution in [1.82, 2.24) is 9.88 Å². The van der Waals surface area contributed by atoms with E-state index in [4.69, 9.17) is 9.15 Å². The highest BCUT2D eigenvalue weighted by Crippen LogP contribution is 2.35. The summed E-state index contributed by atoms with van der Waals surface area (Å²) in [4.78, 5) is 20.3. The Balaban J connectivity index is 1.55. The van der Waals surface area contributed by atoms with Crippen LogP contribution < -0.4 is 0 Å². The molecule has 0 unspecified atom stereocenters. The molecule has 0 atom stereocenters. The van der Waals surface area contributed by atoms with Crippen LogP contribution in [0.5, 0.6) is 0 Å². The van der Waals surface area contributed by atoms with E-state index >= 15 is 0 Å². The van der Waals surface area contributed by atoms with Crippen LogP contribution in [-0.4, -0.2) is 41.1 Å². The molecule has 1 aliphatic heterocycles. The minimum atomic E-state index is -0.139. The molecule has 1 spiro atoms. The topological polar surface area (TPSA) is 55.6 Å². The standard InChI is InChI=1S/C18H22N2O3S/c1-13-15(19-16(23-13)14-6-5-11-24-14)17(21)20-9-10-22-18(12-20)7-3-2-4-8-18/h5-6,11H,2-4,7-10,12H2,1H3. The number of hydrogen-bond acceptors (Lipinski definition) is 5. The molecule has 0 N–H and O–H groups in total. The molecular weight excluding hydrogens is 324 g/mol. The van der Waals surface area contributed by atoms with Crippen LogP contribution in [-0.2, 0) is 4.74 Å². The van der Waals surface area contributed by atoms with E-state index in [0.717, 1.165) is 17.7 Å². The van der Waals surface area contributed by atoms with Gasteiger partial charge in [0, 0.05) is 6.54 Å². The van der Waals surface area contributed by atoms with Crippen molar-refractivity contribution < 1.29 is 13.9 Å². The lowest BCUT2D eigenvalue weighted by Crippen LogP contribution is -2.54. The van der Waals surface area contributed by atoms with Gasteiger partial charge in [0.05, 0.1) is 23.6 Å². The van der Waals surface area contributed by atoms with Crippen molar-refractivity contribution in [1.29, 1.82) is 0 Å². The molecule has 2 fully saturated rings. The molecule has 0 bridgehead atoms. The van der Waals surface area contributed by atoms with Gasteiger partial charge in [-0.2, -0.15) is 0 Å². The molecule has 0 aromatic carbocycles. The third kappa shape index (κ3) is 2.89. The summed E-state index contributed by atoms with van der Waals surface area (Å²) in [5, 5.41) is 1.98. The van der Waals surface area contributed by atoms with E-state index in [9.17, 15) is 4.79 Å². The number of aryl methyl sites for hydroxylation is 1. The maximum Gasteiger partial charge on any atom is 0.276 e. The zero-order valence-electron chi connectivity index (χ0n) is 13.9. The van der Waals surface area contributed by atoms with Gasteiger partial charge in [-0.1, -0.05) is 25.3 Å². The fourth-order valence-corrected chi connectivity index (χ4v) is 4.42. The van der Waals surface area contributed by atoms with Gasteiger partial charge in [0.1, 0.15) is 5.76 Å². The Bertz CT molecular complexity index is 711. The fourth-order valence-electron chi connectivity index (χ4n) is 3.77. The number of rotatable bonds is 2. The van der Waals surface area contributed by atoms with Gasteiger partial charge in [-0.05, 0) is 31.2 Å². The molecule has 2 aliphatic rings. The Morgan fingerprint density at radius 2 is 2.17 bits per heavy atom. The molecule has 5 nitrogen and oxygen atoms in total. The van der Waals surface area contributed by atoms with Gasteiger partial charge in [-0.15, -0.1) is 11.3 Å². The quantitative estimate of drug-likeness (QED) is 0.828. The molecule has 1 amide bonds. The number of hydrogen-bond donors (Lipinski definition) is 0. The van der Waals surface area contributed by atoms with E-state index in [2.05, 4.69) is 4.98 Å². The Kier molecular flexibility index (Phi) is 4.18. The monoisotopic (exact) mass is 346 g/mol. The second kappa shape index (κ2) is 6.33. The van der Waals surface area contributed by atoms with Gasteiger partial charge in [0.15, 0.2) is 5.69 Å². The highest BCUT2D eigenvalue weighted by molar-refractivity contribution is 7.13. The normalized spacial score (nSPS) is 20.5. The van der Waals surface area contributed by atoms with Crippen LogP contribution in [0.4, 0.5) is 0 Å². The minimum Gasteiger partial charge on any atom is -0.440 e. The first-order chi connectivity index (χ1) is 11.7. The maximum absolute atomic E-state index is 13.0. The van der Waals surface area contributed by atoms with Gasteiger partial charge in [0.2, 0.25) is 5.89 Å². The first-order valence-corrected chi connectivity index (χ1v) is 9.49. The van der Waals surface area contributed by atoms with Crippen LogP contribution >= 0.6 is 11.3 Å². The van der Waals surface area contributed by atoms with Crippen molar-refractivity contribution in [3.05, 3.63) is 29.0 Å². The van der Waals surface area contributed by atoms with Crippen molar-refractivity contribution in [2.24, 2.45) is 0 Å². The van der Waals surface area contributed by atoms with Crippen LogP contribution in [0.3, 0.4) is 0 Å². The van der Waals surface area contributed by atoms with Crippen molar-refractivity contribution in [2.75, 3.05) is 19.7 Å². The van der Waals surface area contributed by atoms with Crippen molar-refractivity contribution in [3.63, 3.8) is 0 Å². The summed E-state index contributed by atoms with van der Waals surface area (Å²) >= 11 is 1.56. The lowest BCUT2D eigenvalue weighted by molar-refractivity contribution is -0.118. The van der Waals surface area contributed by atoms with Crippen molar-refractivity contribution >= 4 is 17.2 Å². The number of morpholine rings is 1. The Hall–Kier alpha value is -1.66. The van der Waals surface area contributed by atoms with Gasteiger partial charge >= 0.3 is 0 Å². The molecule has 1 aliphatic carbocycles. The number of amides is 1. The summed E-state index contributed by atoms with van der Waals surface area (Å²) in [6.07, 6.45) is 5.75. The first-order valence-electron chi connectivity index (χ1n) is 8.61. The highest BCUT2D eigenvalue weighted by Gasteiger charge is 2.40. The first kappa shape index (κ1) is 15.8. The summed E-state index contributed by atoms with van der Waals surface area (Å²) in [5.74, 6) is 1.09. The Morgan fingerprint density at radius 1 is 1.33 bits per heavy atom. The van der Waals surface area contributed by atoms with Crippen LogP contribution in [0.2, 0.25) is 0 Å². The van der Waals surface area contributed by atoms with Crippen LogP contribution in [0, 0.1) is 6.92 Å². The summed E-state index contributed by atoms with van der Waals surface area (Å²) in [6.45, 7) is 3.72. The second-order valence-corrected chi connectivity index (χ2v) is 7.67. The van der Waals surface area contributed by atoms with E-state index in [-0.39, 0.29) is 11.5 Å². The van der Waals surface area contributed by atoms with E-state index in [1.165, 1.54) is 19.3 Å². The summed E-state index contributed by atoms with van der Waals surface area (Å²) in [7, 11) is 0. The van der Waals surface area contributed by atoms with Gasteiger partial charge < -0.3 is 14.1 Å². The number of aromatic nitrogens is 1. The Labute approximate surface area is 145 Å². The number of carbonyl (C=O) groups is 1. The predicted octanol–water partition coefficient (Wildman–Crippen LogP) is 3.89. The number of carbonyl (C=O) groups excluding carboxylic acids is 1. The zero-order chi connectivity index (χ0) is 16.6. The summed E-state index contributed by atoms with van der Waals surface area (Å²) in [5.41, 5.74) is 0.298.